The van der Waals surface area contributed by atoms with E-state index in [4.69, 9.17) is 0 Å². The second kappa shape index (κ2) is 6.97. The molecule has 0 aliphatic heterocycles. The monoisotopic (exact) mass is 398 g/mol. The fraction of sp³-hybridized carbons (Fsp3) is 0.167. The molecule has 144 valence electrons. The predicted octanol–water partition coefficient (Wildman–Crippen LogP) is 1.46. The summed E-state index contributed by atoms with van der Waals surface area (Å²) in [6, 6.07) is 10.5. The molecule has 0 saturated heterocycles. The number of hydrogen-bond donors (Lipinski definition) is 2. The number of sulfonamides is 1. The minimum atomic E-state index is -3.62. The lowest BCUT2D eigenvalue weighted by atomic mass is 10.3. The van der Waals surface area contributed by atoms with Crippen molar-refractivity contribution in [2.24, 2.45) is 0 Å². The smallest absolute Gasteiger partial charge is 0.270 e. The molecule has 0 spiro atoms. The number of anilines is 1. The Hall–Kier alpha value is -3.40. The van der Waals surface area contributed by atoms with Gasteiger partial charge in [-0.05, 0) is 37.3 Å². The van der Waals surface area contributed by atoms with E-state index in [1.54, 1.807) is 64.8 Å². The second-order valence-corrected chi connectivity index (χ2v) is 8.11. The zero-order valence-electron chi connectivity index (χ0n) is 15.0. The maximum absolute atomic E-state index is 12.5. The van der Waals surface area contributed by atoms with Gasteiger partial charge in [0, 0.05) is 25.1 Å². The minimum absolute atomic E-state index is 0.0252. The van der Waals surface area contributed by atoms with Gasteiger partial charge in [-0.15, -0.1) is 0 Å². The van der Waals surface area contributed by atoms with Gasteiger partial charge < -0.3 is 5.32 Å². The average molecular weight is 398 g/mol. The van der Waals surface area contributed by atoms with Crippen molar-refractivity contribution in [3.63, 3.8) is 0 Å². The van der Waals surface area contributed by atoms with E-state index in [1.165, 1.54) is 0 Å². The number of nitrogens with zero attached hydrogens (tertiary/aromatic N) is 4. The van der Waals surface area contributed by atoms with Gasteiger partial charge in [-0.25, -0.2) is 17.9 Å². The van der Waals surface area contributed by atoms with E-state index in [1.807, 2.05) is 6.07 Å². The molecule has 0 saturated carbocycles. The maximum Gasteiger partial charge on any atom is 0.270 e. The summed E-state index contributed by atoms with van der Waals surface area (Å²) >= 11 is 0. The topological polar surface area (TPSA) is 110 Å². The van der Waals surface area contributed by atoms with E-state index in [0.29, 0.717) is 22.7 Å². The van der Waals surface area contributed by atoms with Crippen LogP contribution in [0.1, 0.15) is 16.2 Å². The Bertz CT molecular complexity index is 1270. The zero-order valence-corrected chi connectivity index (χ0v) is 15.8. The molecule has 0 aliphatic rings. The first-order valence-electron chi connectivity index (χ1n) is 8.59. The molecule has 0 unspecified atom stereocenters. The van der Waals surface area contributed by atoms with Gasteiger partial charge in [-0.2, -0.15) is 5.10 Å². The Balaban J connectivity index is 1.40. The van der Waals surface area contributed by atoms with Gasteiger partial charge in [0.15, 0.2) is 0 Å². The van der Waals surface area contributed by atoms with Gasteiger partial charge in [-0.3, -0.25) is 13.9 Å². The Morgan fingerprint density at radius 1 is 1.18 bits per heavy atom. The summed E-state index contributed by atoms with van der Waals surface area (Å²) in [6.07, 6.45) is 5.04. The van der Waals surface area contributed by atoms with Crippen LogP contribution >= 0.6 is 0 Å². The van der Waals surface area contributed by atoms with Crippen molar-refractivity contribution in [3.05, 3.63) is 66.4 Å². The highest BCUT2D eigenvalue weighted by molar-refractivity contribution is 7.92. The molecule has 2 N–H and O–H groups in total. The third kappa shape index (κ3) is 3.54. The minimum Gasteiger partial charge on any atom is -0.350 e. The number of aromatic nitrogens is 4. The quantitative estimate of drug-likeness (QED) is 0.511. The van der Waals surface area contributed by atoms with Crippen molar-refractivity contribution in [2.75, 3.05) is 17.0 Å². The van der Waals surface area contributed by atoms with Gasteiger partial charge in [0.2, 0.25) is 10.0 Å². The van der Waals surface area contributed by atoms with Crippen molar-refractivity contribution < 1.29 is 13.2 Å². The molecule has 4 aromatic heterocycles. The molecule has 4 heterocycles. The van der Waals surface area contributed by atoms with Crippen LogP contribution in [0.25, 0.3) is 11.2 Å². The molecule has 28 heavy (non-hydrogen) atoms. The van der Waals surface area contributed by atoms with E-state index in [9.17, 15) is 13.2 Å². The number of hydrogen-bond acceptors (Lipinski definition) is 5. The number of rotatable bonds is 6. The van der Waals surface area contributed by atoms with Crippen molar-refractivity contribution in [1.29, 1.82) is 0 Å². The number of fused-ring (bicyclic) bond motifs is 2. The molecule has 4 aromatic rings. The SMILES string of the molecule is Cc1nc2ccccn2c1C(=O)NCCS(=O)(=O)Nc1ccn2nccc2c1. The van der Waals surface area contributed by atoms with Crippen LogP contribution in [0.2, 0.25) is 0 Å². The molecule has 4 rings (SSSR count). The summed E-state index contributed by atoms with van der Waals surface area (Å²) in [4.78, 5) is 16.8. The Labute approximate surface area is 161 Å². The molecule has 0 fully saturated rings. The molecular weight excluding hydrogens is 380 g/mol. The summed E-state index contributed by atoms with van der Waals surface area (Å²) in [7, 11) is -3.62. The van der Waals surface area contributed by atoms with Crippen molar-refractivity contribution >= 4 is 32.8 Å². The first kappa shape index (κ1) is 18.0. The average Bonchev–Trinajstić information content (AvgIpc) is 3.23. The highest BCUT2D eigenvalue weighted by Crippen LogP contribution is 2.13. The molecule has 9 nitrogen and oxygen atoms in total. The number of amides is 1. The van der Waals surface area contributed by atoms with Crippen LogP contribution in [0.3, 0.4) is 0 Å². The molecule has 0 atom stereocenters. The maximum atomic E-state index is 12.5. The predicted molar refractivity (Wildman–Crippen MR) is 105 cm³/mol. The number of imidazole rings is 1. The molecular formula is C18H18N6O3S. The Morgan fingerprint density at radius 3 is 2.89 bits per heavy atom. The number of carbonyl (C=O) groups is 1. The van der Waals surface area contributed by atoms with Gasteiger partial charge in [-0.1, -0.05) is 6.07 Å². The van der Waals surface area contributed by atoms with Crippen molar-refractivity contribution in [3.8, 4) is 0 Å². The van der Waals surface area contributed by atoms with Crippen LogP contribution in [0.4, 0.5) is 5.69 Å². The first-order valence-corrected chi connectivity index (χ1v) is 10.2. The van der Waals surface area contributed by atoms with Crippen LogP contribution in [-0.4, -0.2) is 45.6 Å². The fourth-order valence-corrected chi connectivity index (χ4v) is 3.94. The molecule has 0 radical (unpaired) electrons. The zero-order chi connectivity index (χ0) is 19.7. The fourth-order valence-electron chi connectivity index (χ4n) is 2.99. The Kier molecular flexibility index (Phi) is 4.47. The summed E-state index contributed by atoms with van der Waals surface area (Å²) in [5.41, 5.74) is 2.86. The summed E-state index contributed by atoms with van der Waals surface area (Å²) < 4.78 is 30.5. The van der Waals surface area contributed by atoms with Gasteiger partial charge >= 0.3 is 0 Å². The van der Waals surface area contributed by atoms with Crippen molar-refractivity contribution in [2.45, 2.75) is 6.92 Å². The van der Waals surface area contributed by atoms with Crippen LogP contribution in [-0.2, 0) is 10.0 Å². The van der Waals surface area contributed by atoms with Crippen LogP contribution in [0.5, 0.6) is 0 Å². The highest BCUT2D eigenvalue weighted by atomic mass is 32.2. The molecule has 0 bridgehead atoms. The lowest BCUT2D eigenvalue weighted by Gasteiger charge is -2.09. The number of carbonyl (C=O) groups excluding carboxylic acids is 1. The van der Waals surface area contributed by atoms with Crippen LogP contribution < -0.4 is 10.0 Å². The second-order valence-electron chi connectivity index (χ2n) is 6.27. The molecule has 0 aromatic carbocycles. The van der Waals surface area contributed by atoms with Gasteiger partial charge in [0.25, 0.3) is 5.91 Å². The number of aryl methyl sites for hydroxylation is 1. The third-order valence-corrected chi connectivity index (χ3v) is 5.54. The number of nitrogens with one attached hydrogen (secondary N) is 2. The van der Waals surface area contributed by atoms with E-state index >= 15 is 0 Å². The molecule has 10 heteroatoms. The standard InChI is InChI=1S/C18H18N6O3S/c1-13-17(23-9-3-2-4-16(23)21-13)18(25)19-8-11-28(26,27)22-14-6-10-24-15(12-14)5-7-20-24/h2-7,9-10,12,22H,8,11H2,1H3,(H,19,25). The Morgan fingerprint density at radius 2 is 2.04 bits per heavy atom. The summed E-state index contributed by atoms with van der Waals surface area (Å²) in [6.45, 7) is 1.72. The largest absolute Gasteiger partial charge is 0.350 e. The molecule has 1 amide bonds. The first-order chi connectivity index (χ1) is 13.4. The normalized spacial score (nSPS) is 11.8. The van der Waals surface area contributed by atoms with Gasteiger partial charge in [0.05, 0.1) is 22.7 Å². The van der Waals surface area contributed by atoms with Gasteiger partial charge in [0.1, 0.15) is 11.3 Å². The summed E-state index contributed by atoms with van der Waals surface area (Å²) in [5, 5.41) is 6.72. The highest BCUT2D eigenvalue weighted by Gasteiger charge is 2.17. The molecule has 0 aliphatic carbocycles. The lowest BCUT2D eigenvalue weighted by Crippen LogP contribution is -2.32. The van der Waals surface area contributed by atoms with E-state index in [2.05, 4.69) is 20.1 Å². The third-order valence-electron chi connectivity index (χ3n) is 4.25. The van der Waals surface area contributed by atoms with Crippen LogP contribution in [0, 0.1) is 6.92 Å². The number of pyridine rings is 2. The van der Waals surface area contributed by atoms with Crippen LogP contribution in [0.15, 0.2) is 55.0 Å². The van der Waals surface area contributed by atoms with E-state index in [0.717, 1.165) is 5.52 Å². The van der Waals surface area contributed by atoms with Crippen molar-refractivity contribution in [1.82, 2.24) is 24.3 Å². The van der Waals surface area contributed by atoms with E-state index in [-0.39, 0.29) is 18.2 Å². The van der Waals surface area contributed by atoms with E-state index < -0.39 is 10.0 Å². The lowest BCUT2D eigenvalue weighted by molar-refractivity contribution is 0.0949. The summed E-state index contributed by atoms with van der Waals surface area (Å²) in [5.74, 6) is -0.619.